The first kappa shape index (κ1) is 22.7. The molecule has 9 heteroatoms. The van der Waals surface area contributed by atoms with Crippen molar-refractivity contribution in [2.75, 3.05) is 10.6 Å². The Morgan fingerprint density at radius 1 is 1.10 bits per heavy atom. The van der Waals surface area contributed by atoms with Crippen molar-refractivity contribution in [3.63, 3.8) is 0 Å². The number of sulfonamides is 1. The van der Waals surface area contributed by atoms with Crippen molar-refractivity contribution in [3.05, 3.63) is 65.2 Å². The maximum absolute atomic E-state index is 12.8. The summed E-state index contributed by atoms with van der Waals surface area (Å²) in [6.07, 6.45) is -2.70. The van der Waals surface area contributed by atoms with E-state index >= 15 is 0 Å². The number of aryl methyl sites for hydroxylation is 1. The normalized spacial score (nSPS) is 13.0. The van der Waals surface area contributed by atoms with Gasteiger partial charge < -0.3 is 5.32 Å². The number of benzene rings is 2. The molecule has 0 radical (unpaired) electrons. The maximum atomic E-state index is 12.8. The van der Waals surface area contributed by atoms with Crippen LogP contribution in [-0.4, -0.2) is 26.6 Å². The Kier molecular flexibility index (Phi) is 6.94. The topological polar surface area (TPSA) is 66.5 Å². The Hall–Kier alpha value is -2.55. The van der Waals surface area contributed by atoms with Crippen LogP contribution in [0.15, 0.2) is 48.5 Å². The van der Waals surface area contributed by atoms with Crippen molar-refractivity contribution >= 4 is 21.6 Å². The predicted octanol–water partition coefficient (Wildman–Crippen LogP) is 3.74. The number of amides is 1. The molecular weight excluding hydrogens is 405 g/mol. The molecule has 0 saturated heterocycles. The van der Waals surface area contributed by atoms with Crippen LogP contribution in [0.3, 0.4) is 0 Å². The fourth-order valence-electron chi connectivity index (χ4n) is 2.88. The first-order chi connectivity index (χ1) is 13.4. The molecule has 29 heavy (non-hydrogen) atoms. The van der Waals surface area contributed by atoms with Gasteiger partial charge in [-0.3, -0.25) is 9.10 Å². The van der Waals surface area contributed by atoms with E-state index in [0.29, 0.717) is 5.69 Å². The molecule has 2 aromatic carbocycles. The largest absolute Gasteiger partial charge is 0.416 e. The summed E-state index contributed by atoms with van der Waals surface area (Å²) in [7, 11) is -3.77. The molecule has 0 aliphatic carbocycles. The van der Waals surface area contributed by atoms with E-state index < -0.39 is 33.7 Å². The minimum Gasteiger partial charge on any atom is -0.350 e. The molecule has 1 atom stereocenters. The Labute approximate surface area is 168 Å². The zero-order chi connectivity index (χ0) is 21.8. The molecule has 0 fully saturated rings. The second kappa shape index (κ2) is 8.86. The van der Waals surface area contributed by atoms with Crippen molar-refractivity contribution < 1.29 is 26.4 Å². The standard InChI is InChI=1S/C20H23F3N2O3S/c1-4-15-8-10-18(11-9-15)25(29(3,27)28)14(2)19(26)24-13-16-6-5-7-17(12-16)20(21,22)23/h5-12,14H,4,13H2,1-3H3,(H,24,26)/t14-/m0/s1. The number of nitrogens with one attached hydrogen (secondary N) is 1. The van der Waals surface area contributed by atoms with E-state index in [9.17, 15) is 26.4 Å². The summed E-state index contributed by atoms with van der Waals surface area (Å²) in [5, 5.41) is 2.51. The van der Waals surface area contributed by atoms with Gasteiger partial charge in [0.2, 0.25) is 15.9 Å². The highest BCUT2D eigenvalue weighted by atomic mass is 32.2. The molecule has 0 aliphatic heterocycles. The summed E-state index contributed by atoms with van der Waals surface area (Å²) in [5.41, 5.74) is 0.805. The van der Waals surface area contributed by atoms with Gasteiger partial charge in [-0.25, -0.2) is 8.42 Å². The maximum Gasteiger partial charge on any atom is 0.416 e. The first-order valence-corrected chi connectivity index (χ1v) is 10.8. The van der Waals surface area contributed by atoms with Crippen molar-refractivity contribution in [1.82, 2.24) is 5.32 Å². The van der Waals surface area contributed by atoms with E-state index in [0.717, 1.165) is 34.7 Å². The zero-order valence-corrected chi connectivity index (χ0v) is 17.1. The van der Waals surface area contributed by atoms with Gasteiger partial charge in [-0.15, -0.1) is 0 Å². The summed E-state index contributed by atoms with van der Waals surface area (Å²) in [5.74, 6) is -0.618. The molecule has 2 aromatic rings. The monoisotopic (exact) mass is 428 g/mol. The minimum atomic E-state index is -4.48. The number of nitrogens with zero attached hydrogens (tertiary/aromatic N) is 1. The molecule has 158 valence electrons. The molecule has 0 aromatic heterocycles. The first-order valence-electron chi connectivity index (χ1n) is 8.95. The molecule has 0 bridgehead atoms. The Morgan fingerprint density at radius 2 is 1.72 bits per heavy atom. The highest BCUT2D eigenvalue weighted by Gasteiger charge is 2.31. The van der Waals surface area contributed by atoms with E-state index in [1.54, 1.807) is 24.3 Å². The van der Waals surface area contributed by atoms with Gasteiger partial charge in [-0.1, -0.05) is 31.2 Å². The number of halogens is 3. The minimum absolute atomic E-state index is 0.153. The molecule has 0 unspecified atom stereocenters. The van der Waals surface area contributed by atoms with E-state index in [4.69, 9.17) is 0 Å². The lowest BCUT2D eigenvalue weighted by Crippen LogP contribution is -2.47. The third kappa shape index (κ3) is 5.96. The fourth-order valence-corrected chi connectivity index (χ4v) is 4.06. The molecule has 0 aliphatic rings. The van der Waals surface area contributed by atoms with E-state index in [-0.39, 0.29) is 12.1 Å². The van der Waals surface area contributed by atoms with Crippen LogP contribution >= 0.6 is 0 Å². The number of carbonyl (C=O) groups excluding carboxylic acids is 1. The van der Waals surface area contributed by atoms with Crippen LogP contribution in [0, 0.1) is 0 Å². The van der Waals surface area contributed by atoms with Crippen LogP contribution in [-0.2, 0) is 34.0 Å². The fraction of sp³-hybridized carbons (Fsp3) is 0.350. The van der Waals surface area contributed by atoms with Gasteiger partial charge in [0.15, 0.2) is 0 Å². The van der Waals surface area contributed by atoms with Crippen LogP contribution in [0.1, 0.15) is 30.5 Å². The number of rotatable bonds is 7. The number of carbonyl (C=O) groups is 1. The molecule has 1 amide bonds. The Bertz CT molecular complexity index is 958. The average molecular weight is 428 g/mol. The van der Waals surface area contributed by atoms with Gasteiger partial charge in [-0.05, 0) is 48.7 Å². The number of alkyl halides is 3. The third-order valence-corrected chi connectivity index (χ3v) is 5.65. The van der Waals surface area contributed by atoms with Gasteiger partial charge in [0.25, 0.3) is 0 Å². The molecule has 0 heterocycles. The smallest absolute Gasteiger partial charge is 0.350 e. The number of hydrogen-bond donors (Lipinski definition) is 1. The van der Waals surface area contributed by atoms with E-state index in [2.05, 4.69) is 5.32 Å². The lowest BCUT2D eigenvalue weighted by atomic mass is 10.1. The molecule has 0 spiro atoms. The Morgan fingerprint density at radius 3 is 2.24 bits per heavy atom. The lowest BCUT2D eigenvalue weighted by molar-refractivity contribution is -0.137. The van der Waals surface area contributed by atoms with Crippen LogP contribution in [0.25, 0.3) is 0 Å². The molecule has 2 rings (SSSR count). The third-order valence-electron chi connectivity index (χ3n) is 4.41. The molecular formula is C20H23F3N2O3S. The van der Waals surface area contributed by atoms with E-state index in [1.807, 2.05) is 6.92 Å². The number of hydrogen-bond acceptors (Lipinski definition) is 3. The van der Waals surface area contributed by atoms with Crippen molar-refractivity contribution in [1.29, 1.82) is 0 Å². The van der Waals surface area contributed by atoms with E-state index in [1.165, 1.54) is 19.1 Å². The van der Waals surface area contributed by atoms with Gasteiger partial charge in [0, 0.05) is 6.54 Å². The van der Waals surface area contributed by atoms with Crippen LogP contribution in [0.2, 0.25) is 0 Å². The molecule has 1 N–H and O–H groups in total. The van der Waals surface area contributed by atoms with Crippen molar-refractivity contribution in [2.45, 2.75) is 39.0 Å². The van der Waals surface area contributed by atoms with Crippen LogP contribution in [0.4, 0.5) is 18.9 Å². The number of anilines is 1. The molecule has 5 nitrogen and oxygen atoms in total. The molecule has 0 saturated carbocycles. The SMILES string of the molecule is CCc1ccc(N([C@@H](C)C(=O)NCc2cccc(C(F)(F)F)c2)S(C)(=O)=O)cc1. The summed E-state index contributed by atoms with van der Waals surface area (Å²) in [4.78, 5) is 12.5. The second-order valence-electron chi connectivity index (χ2n) is 6.67. The van der Waals surface area contributed by atoms with Crippen molar-refractivity contribution in [2.24, 2.45) is 0 Å². The summed E-state index contributed by atoms with van der Waals surface area (Å²) in [6, 6.07) is 10.3. The van der Waals surface area contributed by atoms with Crippen LogP contribution in [0.5, 0.6) is 0 Å². The van der Waals surface area contributed by atoms with Crippen LogP contribution < -0.4 is 9.62 Å². The summed E-state index contributed by atoms with van der Waals surface area (Å²) >= 11 is 0. The predicted molar refractivity (Wildman–Crippen MR) is 106 cm³/mol. The van der Waals surface area contributed by atoms with Gasteiger partial charge in [0.1, 0.15) is 6.04 Å². The lowest BCUT2D eigenvalue weighted by Gasteiger charge is -2.28. The van der Waals surface area contributed by atoms with Gasteiger partial charge in [0.05, 0.1) is 17.5 Å². The summed E-state index contributed by atoms with van der Waals surface area (Å²) in [6.45, 7) is 3.24. The van der Waals surface area contributed by atoms with Gasteiger partial charge in [-0.2, -0.15) is 13.2 Å². The highest BCUT2D eigenvalue weighted by molar-refractivity contribution is 7.92. The highest BCUT2D eigenvalue weighted by Crippen LogP contribution is 2.29. The Balaban J connectivity index is 2.17. The second-order valence-corrected chi connectivity index (χ2v) is 8.53. The average Bonchev–Trinajstić information content (AvgIpc) is 2.65. The summed E-state index contributed by atoms with van der Waals surface area (Å²) < 4.78 is 64.0. The van der Waals surface area contributed by atoms with Crippen molar-refractivity contribution in [3.8, 4) is 0 Å². The quantitative estimate of drug-likeness (QED) is 0.731. The zero-order valence-electron chi connectivity index (χ0n) is 16.3. The van der Waals surface area contributed by atoms with Gasteiger partial charge >= 0.3 is 6.18 Å².